The van der Waals surface area contributed by atoms with Crippen LogP contribution in [0.4, 0.5) is 0 Å². The van der Waals surface area contributed by atoms with Crippen LogP contribution in [0.3, 0.4) is 0 Å². The van der Waals surface area contributed by atoms with Crippen LogP contribution in [-0.2, 0) is 4.79 Å². The Kier molecular flexibility index (Phi) is 1.50. The molecule has 2 aliphatic rings. The quantitative estimate of drug-likeness (QED) is 0.651. The van der Waals surface area contributed by atoms with E-state index < -0.39 is 0 Å². The Morgan fingerprint density at radius 3 is 3.07 bits per heavy atom. The minimum Gasteiger partial charge on any atom is -0.485 e. The molecule has 2 atom stereocenters. The van der Waals surface area contributed by atoms with Crippen molar-refractivity contribution in [2.75, 3.05) is 0 Å². The van der Waals surface area contributed by atoms with Crippen LogP contribution in [0.2, 0.25) is 5.02 Å². The highest BCUT2D eigenvalue weighted by molar-refractivity contribution is 6.30. The normalized spacial score (nSPS) is 27.4. The molecule has 1 heterocycles. The van der Waals surface area contributed by atoms with Gasteiger partial charge >= 0.3 is 0 Å². The maximum absolute atomic E-state index is 11.5. The minimum absolute atomic E-state index is 0.107. The summed E-state index contributed by atoms with van der Waals surface area (Å²) < 4.78 is 5.59. The van der Waals surface area contributed by atoms with E-state index >= 15 is 0 Å². The number of carbonyl (C=O) groups excluding carboxylic acids is 1. The third-order valence-electron chi connectivity index (χ3n) is 2.66. The van der Waals surface area contributed by atoms with Gasteiger partial charge in [0.25, 0.3) is 0 Å². The number of ether oxygens (including phenoxy) is 1. The van der Waals surface area contributed by atoms with Crippen LogP contribution >= 0.6 is 11.6 Å². The van der Waals surface area contributed by atoms with Crippen LogP contribution in [0, 0.1) is 0 Å². The van der Waals surface area contributed by atoms with Gasteiger partial charge in [-0.25, -0.2) is 0 Å². The Labute approximate surface area is 86.1 Å². The zero-order valence-electron chi connectivity index (χ0n) is 7.24. The van der Waals surface area contributed by atoms with Gasteiger partial charge in [-0.2, -0.15) is 0 Å². The fourth-order valence-corrected chi connectivity index (χ4v) is 2.20. The number of fused-ring (bicyclic) bond motifs is 3. The Morgan fingerprint density at radius 2 is 2.21 bits per heavy atom. The summed E-state index contributed by atoms with van der Waals surface area (Å²) >= 11 is 5.87. The number of benzene rings is 1. The largest absolute Gasteiger partial charge is 0.485 e. The predicted octanol–water partition coefficient (Wildman–Crippen LogP) is 2.32. The van der Waals surface area contributed by atoms with Gasteiger partial charge in [0, 0.05) is 10.6 Å². The smallest absolute Gasteiger partial charge is 0.167 e. The first-order valence-corrected chi connectivity index (χ1v) is 4.81. The highest BCUT2D eigenvalue weighted by Crippen LogP contribution is 2.43. The van der Waals surface area contributed by atoms with Crippen molar-refractivity contribution in [2.24, 2.45) is 0 Å². The molecule has 0 unspecified atom stereocenters. The highest BCUT2D eigenvalue weighted by Gasteiger charge is 2.40. The van der Waals surface area contributed by atoms with Crippen molar-refractivity contribution in [2.45, 2.75) is 12.0 Å². The van der Waals surface area contributed by atoms with E-state index in [0.29, 0.717) is 5.02 Å². The number of hydrogen-bond acceptors (Lipinski definition) is 2. The second kappa shape index (κ2) is 2.61. The van der Waals surface area contributed by atoms with Crippen molar-refractivity contribution >= 4 is 17.4 Å². The van der Waals surface area contributed by atoms with Crippen molar-refractivity contribution in [1.82, 2.24) is 0 Å². The minimum atomic E-state index is -0.163. The summed E-state index contributed by atoms with van der Waals surface area (Å²) in [5, 5.41) is 0.646. The van der Waals surface area contributed by atoms with E-state index in [9.17, 15) is 4.79 Å². The van der Waals surface area contributed by atoms with Gasteiger partial charge in [0.15, 0.2) is 5.78 Å². The van der Waals surface area contributed by atoms with E-state index in [1.807, 2.05) is 12.1 Å². The molecule has 0 amide bonds. The lowest BCUT2D eigenvalue weighted by molar-refractivity contribution is -0.115. The number of ketones is 1. The number of rotatable bonds is 0. The average molecular weight is 207 g/mol. The van der Waals surface area contributed by atoms with Crippen LogP contribution < -0.4 is 4.74 Å². The van der Waals surface area contributed by atoms with E-state index in [2.05, 4.69) is 0 Å². The monoisotopic (exact) mass is 206 g/mol. The Morgan fingerprint density at radius 1 is 1.36 bits per heavy atom. The summed E-state index contributed by atoms with van der Waals surface area (Å²) in [5.74, 6) is 0.724. The number of hydrogen-bond donors (Lipinski definition) is 0. The second-order valence-electron chi connectivity index (χ2n) is 3.50. The molecular formula is C11H7ClO2. The summed E-state index contributed by atoms with van der Waals surface area (Å²) in [6.45, 7) is 0. The van der Waals surface area contributed by atoms with Crippen LogP contribution in [-0.4, -0.2) is 11.9 Å². The molecule has 3 heteroatoms. The van der Waals surface area contributed by atoms with Crippen molar-refractivity contribution in [1.29, 1.82) is 0 Å². The van der Waals surface area contributed by atoms with Gasteiger partial charge in [-0.3, -0.25) is 4.79 Å². The lowest BCUT2D eigenvalue weighted by Gasteiger charge is -2.05. The molecule has 70 valence electrons. The predicted molar refractivity (Wildman–Crippen MR) is 52.8 cm³/mol. The molecule has 0 radical (unpaired) electrons. The summed E-state index contributed by atoms with van der Waals surface area (Å²) in [4.78, 5) is 11.5. The summed E-state index contributed by atoms with van der Waals surface area (Å²) in [6, 6.07) is 5.40. The van der Waals surface area contributed by atoms with Gasteiger partial charge in [0.1, 0.15) is 11.9 Å². The maximum atomic E-state index is 11.5. The van der Waals surface area contributed by atoms with Gasteiger partial charge in [-0.05, 0) is 30.4 Å². The summed E-state index contributed by atoms with van der Waals surface area (Å²) in [7, 11) is 0. The van der Waals surface area contributed by atoms with E-state index in [0.717, 1.165) is 11.3 Å². The first kappa shape index (κ1) is 8.06. The van der Waals surface area contributed by atoms with Gasteiger partial charge < -0.3 is 4.74 Å². The SMILES string of the molecule is O=C1C=C[C@H]2Oc3ccc(Cl)cc3[C@@H]12. The topological polar surface area (TPSA) is 26.3 Å². The zero-order chi connectivity index (χ0) is 9.71. The molecule has 0 fully saturated rings. The van der Waals surface area contributed by atoms with Gasteiger partial charge in [0.05, 0.1) is 5.92 Å². The first-order valence-electron chi connectivity index (χ1n) is 4.44. The third-order valence-corrected chi connectivity index (χ3v) is 2.89. The molecule has 1 aliphatic heterocycles. The molecular weight excluding hydrogens is 200 g/mol. The second-order valence-corrected chi connectivity index (χ2v) is 3.94. The molecule has 1 aliphatic carbocycles. The molecule has 2 nitrogen and oxygen atoms in total. The lowest BCUT2D eigenvalue weighted by atomic mass is 9.96. The Bertz CT molecular complexity index is 451. The van der Waals surface area contributed by atoms with Crippen molar-refractivity contribution < 1.29 is 9.53 Å². The lowest BCUT2D eigenvalue weighted by Crippen LogP contribution is -2.15. The van der Waals surface area contributed by atoms with Crippen molar-refractivity contribution in [3.05, 3.63) is 40.9 Å². The third kappa shape index (κ3) is 0.946. The van der Waals surface area contributed by atoms with Crippen molar-refractivity contribution in [3.8, 4) is 5.75 Å². The molecule has 3 rings (SSSR count). The van der Waals surface area contributed by atoms with E-state index in [4.69, 9.17) is 16.3 Å². The number of halogens is 1. The molecule has 1 aromatic rings. The molecule has 0 bridgehead atoms. The Balaban J connectivity index is 2.15. The van der Waals surface area contributed by atoms with E-state index in [1.54, 1.807) is 18.2 Å². The highest BCUT2D eigenvalue weighted by atomic mass is 35.5. The molecule has 0 saturated heterocycles. The molecule has 0 saturated carbocycles. The number of carbonyl (C=O) groups is 1. The standard InChI is InChI=1S/C11H7ClO2/c12-6-1-3-9-7(5-6)11-8(13)2-4-10(11)14-9/h1-5,10-11H/t10-,11+/m1/s1. The molecule has 0 spiro atoms. The molecule has 0 N–H and O–H groups in total. The fraction of sp³-hybridized carbons (Fsp3) is 0.182. The number of allylic oxidation sites excluding steroid dienone is 1. The van der Waals surface area contributed by atoms with Crippen molar-refractivity contribution in [3.63, 3.8) is 0 Å². The van der Waals surface area contributed by atoms with Gasteiger partial charge in [0.2, 0.25) is 0 Å². The van der Waals surface area contributed by atoms with Crippen LogP contribution in [0.15, 0.2) is 30.4 Å². The summed E-state index contributed by atoms with van der Waals surface area (Å²) in [5.41, 5.74) is 0.914. The van der Waals surface area contributed by atoms with E-state index in [-0.39, 0.29) is 17.8 Å². The van der Waals surface area contributed by atoms with Crippen LogP contribution in [0.25, 0.3) is 0 Å². The average Bonchev–Trinajstić information content (AvgIpc) is 2.67. The van der Waals surface area contributed by atoms with E-state index in [1.165, 1.54) is 0 Å². The zero-order valence-corrected chi connectivity index (χ0v) is 7.99. The summed E-state index contributed by atoms with van der Waals surface area (Å²) in [6.07, 6.45) is 3.27. The van der Waals surface area contributed by atoms with Crippen LogP contribution in [0.1, 0.15) is 11.5 Å². The first-order chi connectivity index (χ1) is 6.75. The molecule has 1 aromatic carbocycles. The van der Waals surface area contributed by atoms with Crippen LogP contribution in [0.5, 0.6) is 5.75 Å². The fourth-order valence-electron chi connectivity index (χ4n) is 2.02. The maximum Gasteiger partial charge on any atom is 0.167 e. The van der Waals surface area contributed by atoms with Gasteiger partial charge in [-0.15, -0.1) is 0 Å². The van der Waals surface area contributed by atoms with Gasteiger partial charge in [-0.1, -0.05) is 11.6 Å². The Hall–Kier alpha value is -1.28. The molecule has 14 heavy (non-hydrogen) atoms. The molecule has 0 aromatic heterocycles.